The second kappa shape index (κ2) is 6.04. The number of ether oxygens (including phenoxy) is 1. The fourth-order valence-corrected chi connectivity index (χ4v) is 5.59. The standard InChI is InChI=1S/C18H21NO2S2/c1-18(15-4-2-10-22-15,16-5-3-11-23-16)17(20)21-14-12-19-8-6-13(14)7-9-19/h2-5,10-11,13-14H,6-9,12H2,1H3/t14-/m0/s1. The summed E-state index contributed by atoms with van der Waals surface area (Å²) in [7, 11) is 0. The van der Waals surface area contributed by atoms with Crippen molar-refractivity contribution in [3.63, 3.8) is 0 Å². The maximum absolute atomic E-state index is 13.2. The number of fused-ring (bicyclic) bond motifs is 3. The summed E-state index contributed by atoms with van der Waals surface area (Å²) in [5, 5.41) is 4.06. The van der Waals surface area contributed by atoms with Crippen molar-refractivity contribution in [1.82, 2.24) is 4.90 Å². The average molecular weight is 348 g/mol. The quantitative estimate of drug-likeness (QED) is 0.789. The lowest BCUT2D eigenvalue weighted by molar-refractivity contribution is -0.163. The topological polar surface area (TPSA) is 29.5 Å². The molecule has 122 valence electrons. The van der Waals surface area contributed by atoms with Gasteiger partial charge in [-0.3, -0.25) is 9.69 Å². The van der Waals surface area contributed by atoms with Gasteiger partial charge in [0.2, 0.25) is 0 Å². The molecule has 3 aliphatic rings. The molecule has 1 atom stereocenters. The van der Waals surface area contributed by atoms with Gasteiger partial charge in [0.15, 0.2) is 0 Å². The minimum atomic E-state index is -0.686. The molecule has 3 aliphatic heterocycles. The molecule has 3 saturated heterocycles. The van der Waals surface area contributed by atoms with Gasteiger partial charge in [-0.05, 0) is 61.7 Å². The van der Waals surface area contributed by atoms with E-state index in [4.69, 9.17) is 4.74 Å². The zero-order valence-corrected chi connectivity index (χ0v) is 14.9. The van der Waals surface area contributed by atoms with E-state index in [9.17, 15) is 4.79 Å². The molecule has 3 fully saturated rings. The Labute approximate surface area is 144 Å². The van der Waals surface area contributed by atoms with E-state index in [1.54, 1.807) is 22.7 Å². The lowest BCUT2D eigenvalue weighted by Crippen LogP contribution is -2.53. The van der Waals surface area contributed by atoms with Crippen LogP contribution in [0, 0.1) is 5.92 Å². The highest BCUT2D eigenvalue weighted by Crippen LogP contribution is 2.40. The Hall–Kier alpha value is -1.17. The first-order valence-electron chi connectivity index (χ1n) is 8.19. The largest absolute Gasteiger partial charge is 0.460 e. The lowest BCUT2D eigenvalue weighted by atomic mass is 9.84. The third kappa shape index (κ3) is 2.65. The highest BCUT2D eigenvalue weighted by Gasteiger charge is 2.44. The Balaban J connectivity index is 1.61. The van der Waals surface area contributed by atoms with Gasteiger partial charge in [-0.2, -0.15) is 0 Å². The molecule has 0 saturated carbocycles. The van der Waals surface area contributed by atoms with Gasteiger partial charge in [0.1, 0.15) is 11.5 Å². The van der Waals surface area contributed by atoms with Crippen LogP contribution in [-0.4, -0.2) is 36.6 Å². The fraction of sp³-hybridized carbons (Fsp3) is 0.500. The van der Waals surface area contributed by atoms with E-state index in [2.05, 4.69) is 4.90 Å². The Morgan fingerprint density at radius 2 is 1.78 bits per heavy atom. The maximum Gasteiger partial charge on any atom is 0.322 e. The van der Waals surface area contributed by atoms with Gasteiger partial charge in [0.05, 0.1) is 0 Å². The summed E-state index contributed by atoms with van der Waals surface area (Å²) in [5.74, 6) is 0.445. The predicted octanol–water partition coefficient (Wildman–Crippen LogP) is 3.75. The van der Waals surface area contributed by atoms with Gasteiger partial charge >= 0.3 is 5.97 Å². The molecule has 2 aromatic rings. The first kappa shape index (κ1) is 15.4. The highest BCUT2D eigenvalue weighted by atomic mass is 32.1. The second-order valence-electron chi connectivity index (χ2n) is 6.66. The van der Waals surface area contributed by atoms with Crippen LogP contribution in [0.15, 0.2) is 35.0 Å². The van der Waals surface area contributed by atoms with Crippen LogP contribution in [0.4, 0.5) is 0 Å². The van der Waals surface area contributed by atoms with E-state index < -0.39 is 5.41 Å². The number of hydrogen-bond donors (Lipinski definition) is 0. The smallest absolute Gasteiger partial charge is 0.322 e. The molecule has 0 N–H and O–H groups in total. The number of rotatable bonds is 4. The van der Waals surface area contributed by atoms with E-state index in [0.29, 0.717) is 5.92 Å². The van der Waals surface area contributed by atoms with Crippen molar-refractivity contribution in [2.45, 2.75) is 31.3 Å². The molecular formula is C18H21NO2S2. The lowest BCUT2D eigenvalue weighted by Gasteiger charge is -2.44. The van der Waals surface area contributed by atoms with E-state index in [1.165, 1.54) is 0 Å². The summed E-state index contributed by atoms with van der Waals surface area (Å²) in [5.41, 5.74) is -0.686. The first-order chi connectivity index (χ1) is 11.2. The monoisotopic (exact) mass is 347 g/mol. The Morgan fingerprint density at radius 3 is 2.22 bits per heavy atom. The predicted molar refractivity (Wildman–Crippen MR) is 94.1 cm³/mol. The Kier molecular flexibility index (Phi) is 4.03. The molecule has 0 amide bonds. The number of piperidine rings is 3. The molecule has 0 unspecified atom stereocenters. The first-order valence-corrected chi connectivity index (χ1v) is 9.95. The molecule has 0 spiro atoms. The normalized spacial score (nSPS) is 27.1. The van der Waals surface area contributed by atoms with Gasteiger partial charge in [-0.15, -0.1) is 22.7 Å². The molecule has 23 heavy (non-hydrogen) atoms. The van der Waals surface area contributed by atoms with Crippen LogP contribution in [0.2, 0.25) is 0 Å². The van der Waals surface area contributed by atoms with Crippen LogP contribution in [0.25, 0.3) is 0 Å². The van der Waals surface area contributed by atoms with Crippen molar-refractivity contribution in [3.8, 4) is 0 Å². The second-order valence-corrected chi connectivity index (χ2v) is 8.56. The minimum absolute atomic E-state index is 0.0595. The summed E-state index contributed by atoms with van der Waals surface area (Å²) in [6, 6.07) is 8.10. The number of thiophene rings is 2. The molecule has 2 bridgehead atoms. The van der Waals surface area contributed by atoms with Crippen LogP contribution in [0.1, 0.15) is 29.5 Å². The highest BCUT2D eigenvalue weighted by molar-refractivity contribution is 7.12. The molecule has 5 rings (SSSR count). The van der Waals surface area contributed by atoms with Crippen molar-refractivity contribution < 1.29 is 9.53 Å². The molecule has 2 aromatic heterocycles. The number of esters is 1. The van der Waals surface area contributed by atoms with Gasteiger partial charge in [0, 0.05) is 16.3 Å². The number of carbonyl (C=O) groups excluding carboxylic acids is 1. The van der Waals surface area contributed by atoms with Crippen molar-refractivity contribution >= 4 is 28.6 Å². The van der Waals surface area contributed by atoms with Crippen LogP contribution in [0.3, 0.4) is 0 Å². The van der Waals surface area contributed by atoms with Crippen molar-refractivity contribution in [3.05, 3.63) is 44.8 Å². The summed E-state index contributed by atoms with van der Waals surface area (Å²) in [6.07, 6.45) is 2.38. The summed E-state index contributed by atoms with van der Waals surface area (Å²) in [6.45, 7) is 5.23. The number of hydrogen-bond acceptors (Lipinski definition) is 5. The molecule has 0 aromatic carbocycles. The van der Waals surface area contributed by atoms with Crippen molar-refractivity contribution in [2.75, 3.05) is 19.6 Å². The molecule has 3 nitrogen and oxygen atoms in total. The van der Waals surface area contributed by atoms with Crippen LogP contribution >= 0.6 is 22.7 Å². The molecule has 5 heteroatoms. The van der Waals surface area contributed by atoms with Crippen molar-refractivity contribution in [2.24, 2.45) is 5.92 Å². The molecular weight excluding hydrogens is 326 g/mol. The van der Waals surface area contributed by atoms with Crippen molar-refractivity contribution in [1.29, 1.82) is 0 Å². The SMILES string of the molecule is CC(C(=O)O[C@H]1CN2CCC1CC2)(c1cccs1)c1cccs1. The van der Waals surface area contributed by atoms with Crippen LogP contribution < -0.4 is 0 Å². The zero-order chi connectivity index (χ0) is 15.9. The van der Waals surface area contributed by atoms with E-state index in [0.717, 1.165) is 42.2 Å². The van der Waals surface area contributed by atoms with Gasteiger partial charge in [0.25, 0.3) is 0 Å². The van der Waals surface area contributed by atoms with Gasteiger partial charge < -0.3 is 4.74 Å². The van der Waals surface area contributed by atoms with Gasteiger partial charge in [-0.1, -0.05) is 12.1 Å². The minimum Gasteiger partial charge on any atom is -0.460 e. The average Bonchev–Trinajstić information content (AvgIpc) is 3.29. The van der Waals surface area contributed by atoms with Crippen LogP contribution in [-0.2, 0) is 14.9 Å². The van der Waals surface area contributed by atoms with E-state index >= 15 is 0 Å². The molecule has 0 aliphatic carbocycles. The van der Waals surface area contributed by atoms with Gasteiger partial charge in [-0.25, -0.2) is 0 Å². The summed E-state index contributed by atoms with van der Waals surface area (Å²) in [4.78, 5) is 17.7. The number of nitrogens with zero attached hydrogens (tertiary/aromatic N) is 1. The fourth-order valence-electron chi connectivity index (χ4n) is 3.75. The third-order valence-electron chi connectivity index (χ3n) is 5.29. The maximum atomic E-state index is 13.2. The van der Waals surface area contributed by atoms with Crippen LogP contribution in [0.5, 0.6) is 0 Å². The number of carbonyl (C=O) groups is 1. The third-order valence-corrected chi connectivity index (χ3v) is 7.47. The summed E-state index contributed by atoms with van der Waals surface area (Å²) >= 11 is 3.26. The van der Waals surface area contributed by atoms with E-state index in [-0.39, 0.29) is 12.1 Å². The molecule has 0 radical (unpaired) electrons. The zero-order valence-electron chi connectivity index (χ0n) is 13.2. The Morgan fingerprint density at radius 1 is 1.17 bits per heavy atom. The van der Waals surface area contributed by atoms with E-state index in [1.807, 2.05) is 41.9 Å². The summed E-state index contributed by atoms with van der Waals surface area (Å²) < 4.78 is 6.07. The Bertz CT molecular complexity index is 623. The molecule has 5 heterocycles.